The van der Waals surface area contributed by atoms with Crippen LogP contribution in [0.1, 0.15) is 37.8 Å². The monoisotopic (exact) mass is 406 g/mol. The molecular formula is C19H23ClN4O2S. The van der Waals surface area contributed by atoms with E-state index < -0.39 is 0 Å². The van der Waals surface area contributed by atoms with E-state index in [9.17, 15) is 0 Å². The van der Waals surface area contributed by atoms with Gasteiger partial charge in [0.1, 0.15) is 5.76 Å². The number of rotatable bonds is 9. The molecule has 3 rings (SSSR count). The van der Waals surface area contributed by atoms with Crippen LogP contribution < -0.4 is 0 Å². The van der Waals surface area contributed by atoms with Crippen LogP contribution in [-0.2, 0) is 17.0 Å². The predicted octanol–water partition coefficient (Wildman–Crippen LogP) is 5.04. The fraction of sp³-hybridized carbons (Fsp3) is 0.421. The molecule has 0 atom stereocenters. The van der Waals surface area contributed by atoms with E-state index in [1.165, 1.54) is 0 Å². The fourth-order valence-electron chi connectivity index (χ4n) is 2.59. The average molecular weight is 407 g/mol. The number of nitrogens with zero attached hydrogens (tertiary/aromatic N) is 4. The van der Waals surface area contributed by atoms with Gasteiger partial charge in [0.25, 0.3) is 0 Å². The molecule has 2 aromatic heterocycles. The van der Waals surface area contributed by atoms with Gasteiger partial charge in [-0.15, -0.1) is 10.2 Å². The quantitative estimate of drug-likeness (QED) is 0.366. The Kier molecular flexibility index (Phi) is 6.93. The van der Waals surface area contributed by atoms with Gasteiger partial charge in [-0.3, -0.25) is 0 Å². The van der Waals surface area contributed by atoms with Crippen molar-refractivity contribution in [1.29, 1.82) is 0 Å². The Morgan fingerprint density at radius 2 is 2.07 bits per heavy atom. The SMILES string of the molecule is COCCCn1c(SCc2ncc(C(C)C)o2)nnc1-c1ccccc1Cl. The minimum Gasteiger partial charge on any atom is -0.445 e. The van der Waals surface area contributed by atoms with E-state index in [1.807, 2.05) is 24.3 Å². The second-order valence-corrected chi connectivity index (χ2v) is 7.73. The summed E-state index contributed by atoms with van der Waals surface area (Å²) in [6.07, 6.45) is 2.65. The summed E-state index contributed by atoms with van der Waals surface area (Å²) in [7, 11) is 1.70. The van der Waals surface area contributed by atoms with Crippen LogP contribution in [0.4, 0.5) is 0 Å². The summed E-state index contributed by atoms with van der Waals surface area (Å²) in [6, 6.07) is 7.67. The second-order valence-electron chi connectivity index (χ2n) is 6.38. The molecule has 0 aliphatic carbocycles. The number of oxazole rings is 1. The first kappa shape index (κ1) is 19.9. The third kappa shape index (κ3) is 4.91. The van der Waals surface area contributed by atoms with Crippen LogP contribution in [0.15, 0.2) is 40.0 Å². The van der Waals surface area contributed by atoms with Gasteiger partial charge >= 0.3 is 0 Å². The third-order valence-electron chi connectivity index (χ3n) is 4.03. The Morgan fingerprint density at radius 3 is 2.78 bits per heavy atom. The van der Waals surface area contributed by atoms with E-state index in [-0.39, 0.29) is 0 Å². The molecule has 27 heavy (non-hydrogen) atoms. The highest BCUT2D eigenvalue weighted by Gasteiger charge is 2.17. The zero-order valence-corrected chi connectivity index (χ0v) is 17.3. The average Bonchev–Trinajstić information content (AvgIpc) is 3.28. The molecule has 6 nitrogen and oxygen atoms in total. The lowest BCUT2D eigenvalue weighted by Crippen LogP contribution is -2.05. The second kappa shape index (κ2) is 9.39. The molecule has 0 N–H and O–H groups in total. The minimum absolute atomic E-state index is 0.320. The van der Waals surface area contributed by atoms with Gasteiger partial charge in [0, 0.05) is 31.7 Å². The van der Waals surface area contributed by atoms with Crippen LogP contribution in [0, 0.1) is 0 Å². The Hall–Kier alpha value is -1.83. The summed E-state index contributed by atoms with van der Waals surface area (Å²) in [5.41, 5.74) is 0.870. The van der Waals surface area contributed by atoms with Gasteiger partial charge in [-0.2, -0.15) is 0 Å². The number of benzene rings is 1. The minimum atomic E-state index is 0.320. The number of halogens is 1. The topological polar surface area (TPSA) is 66.0 Å². The molecule has 2 heterocycles. The van der Waals surface area contributed by atoms with E-state index in [0.29, 0.717) is 29.2 Å². The van der Waals surface area contributed by atoms with Crippen molar-refractivity contribution in [3.8, 4) is 11.4 Å². The summed E-state index contributed by atoms with van der Waals surface area (Å²) in [4.78, 5) is 4.35. The molecule has 3 aromatic rings. The van der Waals surface area contributed by atoms with Gasteiger partial charge < -0.3 is 13.7 Å². The predicted molar refractivity (Wildman–Crippen MR) is 107 cm³/mol. The molecule has 0 bridgehead atoms. The van der Waals surface area contributed by atoms with Crippen LogP contribution in [0.3, 0.4) is 0 Å². The molecule has 0 fully saturated rings. The molecular weight excluding hydrogens is 384 g/mol. The van der Waals surface area contributed by atoms with Crippen molar-refractivity contribution in [2.75, 3.05) is 13.7 Å². The van der Waals surface area contributed by atoms with E-state index in [1.54, 1.807) is 25.1 Å². The number of ether oxygens (including phenoxy) is 1. The molecule has 0 unspecified atom stereocenters. The maximum absolute atomic E-state index is 6.37. The summed E-state index contributed by atoms with van der Waals surface area (Å²) >= 11 is 7.92. The zero-order chi connectivity index (χ0) is 19.2. The number of thioether (sulfide) groups is 1. The van der Waals surface area contributed by atoms with Crippen molar-refractivity contribution in [2.24, 2.45) is 0 Å². The smallest absolute Gasteiger partial charge is 0.204 e. The van der Waals surface area contributed by atoms with Crippen LogP contribution in [-0.4, -0.2) is 33.5 Å². The van der Waals surface area contributed by atoms with Crippen molar-refractivity contribution in [3.63, 3.8) is 0 Å². The Labute approximate surface area is 168 Å². The molecule has 0 aliphatic rings. The molecule has 0 radical (unpaired) electrons. The van der Waals surface area contributed by atoms with Crippen molar-refractivity contribution in [1.82, 2.24) is 19.7 Å². The molecule has 1 aromatic carbocycles. The van der Waals surface area contributed by atoms with E-state index in [2.05, 4.69) is 33.6 Å². The first-order chi connectivity index (χ1) is 13.1. The summed E-state index contributed by atoms with van der Waals surface area (Å²) in [5.74, 6) is 3.26. The van der Waals surface area contributed by atoms with Gasteiger partial charge in [0.15, 0.2) is 11.0 Å². The van der Waals surface area contributed by atoms with Gasteiger partial charge in [-0.1, -0.05) is 49.3 Å². The van der Waals surface area contributed by atoms with Crippen molar-refractivity contribution in [3.05, 3.63) is 47.1 Å². The summed E-state index contributed by atoms with van der Waals surface area (Å²) in [5, 5.41) is 10.2. The molecule has 0 spiro atoms. The molecule has 144 valence electrons. The Balaban J connectivity index is 1.82. The Morgan fingerprint density at radius 1 is 1.26 bits per heavy atom. The molecule has 0 aliphatic heterocycles. The fourth-order valence-corrected chi connectivity index (χ4v) is 3.63. The van der Waals surface area contributed by atoms with Crippen LogP contribution in [0.2, 0.25) is 5.02 Å². The standard InChI is InChI=1S/C19H23ClN4O2S/c1-13(2)16-11-21-17(26-16)12-27-19-23-22-18(24(19)9-6-10-25-3)14-7-4-5-8-15(14)20/h4-5,7-8,11,13H,6,9-10,12H2,1-3H3. The van der Waals surface area contributed by atoms with Crippen molar-refractivity contribution in [2.45, 2.75) is 43.6 Å². The molecule has 8 heteroatoms. The van der Waals surface area contributed by atoms with Gasteiger partial charge in [-0.05, 0) is 18.6 Å². The number of methoxy groups -OCH3 is 1. The number of hydrogen-bond acceptors (Lipinski definition) is 6. The maximum Gasteiger partial charge on any atom is 0.204 e. The number of aromatic nitrogens is 4. The van der Waals surface area contributed by atoms with Crippen LogP contribution in [0.25, 0.3) is 11.4 Å². The maximum atomic E-state index is 6.37. The molecule has 0 saturated carbocycles. The van der Waals surface area contributed by atoms with Gasteiger partial charge in [0.05, 0.1) is 17.0 Å². The highest BCUT2D eigenvalue weighted by atomic mass is 35.5. The lowest BCUT2D eigenvalue weighted by atomic mass is 10.2. The number of hydrogen-bond donors (Lipinski definition) is 0. The highest BCUT2D eigenvalue weighted by Crippen LogP contribution is 2.30. The van der Waals surface area contributed by atoms with Gasteiger partial charge in [-0.25, -0.2) is 4.98 Å². The lowest BCUT2D eigenvalue weighted by molar-refractivity contribution is 0.189. The van der Waals surface area contributed by atoms with Crippen LogP contribution in [0.5, 0.6) is 0 Å². The summed E-state index contributed by atoms with van der Waals surface area (Å²) < 4.78 is 13.1. The first-order valence-electron chi connectivity index (χ1n) is 8.84. The van der Waals surface area contributed by atoms with E-state index in [0.717, 1.165) is 35.3 Å². The molecule has 0 saturated heterocycles. The first-order valence-corrected chi connectivity index (χ1v) is 10.2. The lowest BCUT2D eigenvalue weighted by Gasteiger charge is -2.10. The van der Waals surface area contributed by atoms with E-state index >= 15 is 0 Å². The third-order valence-corrected chi connectivity index (χ3v) is 5.31. The van der Waals surface area contributed by atoms with Crippen molar-refractivity contribution < 1.29 is 9.15 Å². The van der Waals surface area contributed by atoms with Crippen molar-refractivity contribution >= 4 is 23.4 Å². The zero-order valence-electron chi connectivity index (χ0n) is 15.7. The van der Waals surface area contributed by atoms with E-state index in [4.69, 9.17) is 20.8 Å². The van der Waals surface area contributed by atoms with Crippen LogP contribution >= 0.6 is 23.4 Å². The normalized spacial score (nSPS) is 11.4. The largest absolute Gasteiger partial charge is 0.445 e. The van der Waals surface area contributed by atoms with Gasteiger partial charge in [0.2, 0.25) is 5.89 Å². The summed E-state index contributed by atoms with van der Waals surface area (Å²) in [6.45, 7) is 5.58. The Bertz CT molecular complexity index is 878. The molecule has 0 amide bonds. The highest BCUT2D eigenvalue weighted by molar-refractivity contribution is 7.98.